The van der Waals surface area contributed by atoms with Gasteiger partial charge in [0.15, 0.2) is 0 Å². The van der Waals surface area contributed by atoms with Gasteiger partial charge in [-0.2, -0.15) is 0 Å². The van der Waals surface area contributed by atoms with Crippen LogP contribution in [0.4, 0.5) is 0 Å². The molecule has 150 valence electrons. The second kappa shape index (κ2) is 10.3. The fourth-order valence-electron chi connectivity index (χ4n) is 2.34. The minimum atomic E-state index is -0.264. The van der Waals surface area contributed by atoms with Gasteiger partial charge in [0.2, 0.25) is 11.8 Å². The first-order chi connectivity index (χ1) is 14.1. The molecule has 0 saturated carbocycles. The maximum atomic E-state index is 12.1. The Balaban J connectivity index is 1.40. The van der Waals surface area contributed by atoms with Crippen molar-refractivity contribution < 1.29 is 18.7 Å². The number of thioether (sulfide) groups is 1. The molecule has 0 aliphatic carbocycles. The van der Waals surface area contributed by atoms with E-state index in [2.05, 4.69) is 20.8 Å². The van der Waals surface area contributed by atoms with Crippen LogP contribution in [0.2, 0.25) is 0 Å². The van der Waals surface area contributed by atoms with Crippen LogP contribution < -0.4 is 15.4 Å². The Hall–Kier alpha value is -3.33. The Labute approximate surface area is 172 Å². The van der Waals surface area contributed by atoms with Crippen LogP contribution in [0, 0.1) is 0 Å². The smallest absolute Gasteiger partial charge is 0.277 e. The van der Waals surface area contributed by atoms with E-state index in [1.807, 2.05) is 30.3 Å². The normalized spacial score (nSPS) is 10.4. The minimum absolute atomic E-state index is 0.0959. The number of hydrogen-bond donors (Lipinski definition) is 2. The Morgan fingerprint density at radius 3 is 2.48 bits per heavy atom. The lowest BCUT2D eigenvalue weighted by Gasteiger charge is -2.04. The molecule has 0 radical (unpaired) electrons. The molecular formula is C20H20N4O4S. The van der Waals surface area contributed by atoms with Crippen LogP contribution in [0.1, 0.15) is 21.8 Å². The first-order valence-electron chi connectivity index (χ1n) is 8.82. The number of rotatable bonds is 9. The Bertz CT molecular complexity index is 945. The highest BCUT2D eigenvalue weighted by Crippen LogP contribution is 2.16. The van der Waals surface area contributed by atoms with Gasteiger partial charge in [-0.15, -0.1) is 10.2 Å². The number of ether oxygens (including phenoxy) is 1. The number of aromatic nitrogens is 2. The third-order valence-corrected chi connectivity index (χ3v) is 4.68. The first-order valence-corrected chi connectivity index (χ1v) is 9.80. The van der Waals surface area contributed by atoms with Gasteiger partial charge in [-0.1, -0.05) is 42.1 Å². The van der Waals surface area contributed by atoms with Crippen molar-refractivity contribution in [2.75, 3.05) is 12.9 Å². The summed E-state index contributed by atoms with van der Waals surface area (Å²) in [7, 11) is 1.56. The predicted molar refractivity (Wildman–Crippen MR) is 107 cm³/mol. The molecule has 2 N–H and O–H groups in total. The molecule has 0 saturated heterocycles. The summed E-state index contributed by atoms with van der Waals surface area (Å²) in [5, 5.41) is 13.6. The summed E-state index contributed by atoms with van der Waals surface area (Å²) in [6.07, 6.45) is 0. The molecule has 9 heteroatoms. The standard InChI is InChI=1S/C20H20N4O4S/c1-27-16-9-7-15(8-10-16)19(26)22-12-18-23-24-20(28-18)29-13-17(25)21-11-14-5-3-2-4-6-14/h2-10H,11-13H2,1H3,(H,21,25)(H,22,26). The monoisotopic (exact) mass is 412 g/mol. The molecule has 0 unspecified atom stereocenters. The molecule has 0 aliphatic rings. The number of hydrogen-bond acceptors (Lipinski definition) is 7. The summed E-state index contributed by atoms with van der Waals surface area (Å²) in [6.45, 7) is 0.561. The van der Waals surface area contributed by atoms with Crippen molar-refractivity contribution in [3.05, 3.63) is 71.6 Å². The fourth-order valence-corrected chi connectivity index (χ4v) is 2.95. The number of carbonyl (C=O) groups excluding carboxylic acids is 2. The van der Waals surface area contributed by atoms with E-state index in [0.29, 0.717) is 17.9 Å². The molecule has 2 aromatic carbocycles. The van der Waals surface area contributed by atoms with Gasteiger partial charge in [-0.25, -0.2) is 0 Å². The number of carbonyl (C=O) groups is 2. The maximum absolute atomic E-state index is 12.1. The second-order valence-corrected chi connectivity index (χ2v) is 6.85. The van der Waals surface area contributed by atoms with Gasteiger partial charge in [0.05, 0.1) is 19.4 Å². The maximum Gasteiger partial charge on any atom is 0.277 e. The van der Waals surface area contributed by atoms with Gasteiger partial charge in [0, 0.05) is 12.1 Å². The van der Waals surface area contributed by atoms with E-state index in [9.17, 15) is 9.59 Å². The molecule has 8 nitrogen and oxygen atoms in total. The van der Waals surface area contributed by atoms with Crippen molar-refractivity contribution >= 4 is 23.6 Å². The third-order valence-electron chi connectivity index (χ3n) is 3.86. The summed E-state index contributed by atoms with van der Waals surface area (Å²) in [6, 6.07) is 16.4. The molecule has 1 aromatic heterocycles. The van der Waals surface area contributed by atoms with E-state index in [-0.39, 0.29) is 35.2 Å². The van der Waals surface area contributed by atoms with Crippen molar-refractivity contribution in [2.45, 2.75) is 18.3 Å². The summed E-state index contributed by atoms with van der Waals surface area (Å²) in [4.78, 5) is 24.1. The second-order valence-electron chi connectivity index (χ2n) is 5.92. The SMILES string of the molecule is COc1ccc(C(=O)NCc2nnc(SCC(=O)NCc3ccccc3)o2)cc1. The molecule has 0 fully saturated rings. The first kappa shape index (κ1) is 20.4. The number of nitrogens with one attached hydrogen (secondary N) is 2. The molecular weight excluding hydrogens is 392 g/mol. The predicted octanol–water partition coefficient (Wildman–Crippen LogP) is 2.42. The Morgan fingerprint density at radius 2 is 1.76 bits per heavy atom. The summed E-state index contributed by atoms with van der Waals surface area (Å²) < 4.78 is 10.5. The molecule has 2 amide bonds. The van der Waals surface area contributed by atoms with Crippen LogP contribution in [0.3, 0.4) is 0 Å². The van der Waals surface area contributed by atoms with Crippen LogP contribution >= 0.6 is 11.8 Å². The quantitative estimate of drug-likeness (QED) is 0.520. The lowest BCUT2D eigenvalue weighted by molar-refractivity contribution is -0.118. The van der Waals surface area contributed by atoms with Crippen molar-refractivity contribution in [2.24, 2.45) is 0 Å². The Morgan fingerprint density at radius 1 is 1.00 bits per heavy atom. The van der Waals surface area contributed by atoms with Crippen molar-refractivity contribution in [3.8, 4) is 5.75 Å². The number of nitrogens with zero attached hydrogens (tertiary/aromatic N) is 2. The zero-order valence-corrected chi connectivity index (χ0v) is 16.6. The van der Waals surface area contributed by atoms with Gasteiger partial charge < -0.3 is 19.8 Å². The molecule has 1 heterocycles. The van der Waals surface area contributed by atoms with E-state index in [1.54, 1.807) is 31.4 Å². The highest BCUT2D eigenvalue weighted by atomic mass is 32.2. The number of methoxy groups -OCH3 is 1. The van der Waals surface area contributed by atoms with Crippen LogP contribution in [0.5, 0.6) is 5.75 Å². The lowest BCUT2D eigenvalue weighted by Crippen LogP contribution is -2.24. The van der Waals surface area contributed by atoms with Gasteiger partial charge in [0.1, 0.15) is 5.75 Å². The van der Waals surface area contributed by atoms with Crippen molar-refractivity contribution in [3.63, 3.8) is 0 Å². The topological polar surface area (TPSA) is 106 Å². The average Bonchev–Trinajstić information content (AvgIpc) is 3.23. The summed E-state index contributed by atoms with van der Waals surface area (Å²) in [5.74, 6) is 0.700. The Kier molecular flexibility index (Phi) is 7.23. The van der Waals surface area contributed by atoms with Crippen LogP contribution in [0.25, 0.3) is 0 Å². The molecule has 3 aromatic rings. The highest BCUT2D eigenvalue weighted by molar-refractivity contribution is 7.99. The molecule has 3 rings (SSSR count). The molecule has 0 bridgehead atoms. The molecule has 0 spiro atoms. The number of benzene rings is 2. The molecule has 29 heavy (non-hydrogen) atoms. The van der Waals surface area contributed by atoms with Gasteiger partial charge in [-0.05, 0) is 29.8 Å². The van der Waals surface area contributed by atoms with Crippen molar-refractivity contribution in [1.29, 1.82) is 0 Å². The molecule has 0 aliphatic heterocycles. The number of amides is 2. The zero-order valence-electron chi connectivity index (χ0n) is 15.8. The van der Waals surface area contributed by atoms with Gasteiger partial charge in [-0.3, -0.25) is 9.59 Å². The van der Waals surface area contributed by atoms with E-state index < -0.39 is 0 Å². The van der Waals surface area contributed by atoms with Crippen LogP contribution in [0.15, 0.2) is 64.2 Å². The van der Waals surface area contributed by atoms with Gasteiger partial charge >= 0.3 is 0 Å². The van der Waals surface area contributed by atoms with Crippen LogP contribution in [-0.2, 0) is 17.9 Å². The largest absolute Gasteiger partial charge is 0.497 e. The summed E-state index contributed by atoms with van der Waals surface area (Å²) in [5.41, 5.74) is 1.52. The third kappa shape index (κ3) is 6.35. The lowest BCUT2D eigenvalue weighted by atomic mass is 10.2. The zero-order chi connectivity index (χ0) is 20.5. The van der Waals surface area contributed by atoms with Gasteiger partial charge in [0.25, 0.3) is 11.1 Å². The highest BCUT2D eigenvalue weighted by Gasteiger charge is 2.11. The minimum Gasteiger partial charge on any atom is -0.497 e. The van der Waals surface area contributed by atoms with E-state index in [1.165, 1.54) is 0 Å². The van der Waals surface area contributed by atoms with Crippen LogP contribution in [-0.4, -0.2) is 34.9 Å². The van der Waals surface area contributed by atoms with E-state index >= 15 is 0 Å². The fraction of sp³-hybridized carbons (Fsp3) is 0.200. The van der Waals surface area contributed by atoms with E-state index in [0.717, 1.165) is 17.3 Å². The van der Waals surface area contributed by atoms with E-state index in [4.69, 9.17) is 9.15 Å². The molecule has 0 atom stereocenters. The average molecular weight is 412 g/mol. The van der Waals surface area contributed by atoms with Crippen molar-refractivity contribution in [1.82, 2.24) is 20.8 Å². The summed E-state index contributed by atoms with van der Waals surface area (Å²) >= 11 is 1.14.